The van der Waals surface area contributed by atoms with Gasteiger partial charge in [0.25, 0.3) is 0 Å². The molecule has 0 aliphatic carbocycles. The molecular weight excluding hydrogens is 236 g/mol. The van der Waals surface area contributed by atoms with E-state index in [1.165, 1.54) is 31.4 Å². The first kappa shape index (κ1) is 14.0. The van der Waals surface area contributed by atoms with Gasteiger partial charge in [-0.1, -0.05) is 6.92 Å². The van der Waals surface area contributed by atoms with E-state index in [9.17, 15) is 0 Å². The van der Waals surface area contributed by atoms with Crippen molar-refractivity contribution in [1.82, 2.24) is 0 Å². The molecule has 3 heteroatoms. The Morgan fingerprint density at radius 1 is 1.37 bits per heavy atom. The molecule has 1 saturated heterocycles. The predicted molar refractivity (Wildman–Crippen MR) is 81.9 cm³/mol. The molecule has 0 aromatic heterocycles. The van der Waals surface area contributed by atoms with Crippen LogP contribution in [-0.2, 0) is 0 Å². The number of nitrogens with two attached hydrogens (primary N) is 1. The van der Waals surface area contributed by atoms with E-state index in [0.29, 0.717) is 6.04 Å². The second kappa shape index (κ2) is 6.18. The summed E-state index contributed by atoms with van der Waals surface area (Å²) in [5.41, 5.74) is 7.96. The van der Waals surface area contributed by atoms with E-state index in [1.807, 2.05) is 19.9 Å². The van der Waals surface area contributed by atoms with Crippen molar-refractivity contribution in [3.05, 3.63) is 18.2 Å². The maximum absolute atomic E-state index is 5.99. The quantitative estimate of drug-likeness (QED) is 0.838. The van der Waals surface area contributed by atoms with Gasteiger partial charge in [-0.05, 0) is 51.7 Å². The lowest BCUT2D eigenvalue weighted by Gasteiger charge is -2.37. The van der Waals surface area contributed by atoms with Gasteiger partial charge in [0.15, 0.2) is 0 Å². The van der Waals surface area contributed by atoms with Crippen LogP contribution in [0.3, 0.4) is 0 Å². The standard InChI is InChI=1S/C16H26N2O/c1-4-13-7-5-6-10-18(13)14-8-9-15(17)16(11-14)19-12(2)3/h8-9,11-13H,4-7,10,17H2,1-3H3. The molecule has 1 unspecified atom stereocenters. The highest BCUT2D eigenvalue weighted by molar-refractivity contribution is 5.62. The average Bonchev–Trinajstić information content (AvgIpc) is 2.41. The van der Waals surface area contributed by atoms with Crippen LogP contribution >= 0.6 is 0 Å². The first-order valence-electron chi connectivity index (χ1n) is 7.44. The molecule has 1 aromatic carbocycles. The highest BCUT2D eigenvalue weighted by Gasteiger charge is 2.21. The Morgan fingerprint density at radius 2 is 2.16 bits per heavy atom. The first-order valence-corrected chi connectivity index (χ1v) is 7.44. The lowest BCUT2D eigenvalue weighted by atomic mass is 9.99. The number of nitrogens with zero attached hydrogens (tertiary/aromatic N) is 1. The fourth-order valence-electron chi connectivity index (χ4n) is 2.82. The number of hydrogen-bond donors (Lipinski definition) is 1. The second-order valence-corrected chi connectivity index (χ2v) is 5.64. The van der Waals surface area contributed by atoms with Crippen molar-refractivity contribution >= 4 is 11.4 Å². The van der Waals surface area contributed by atoms with Crippen molar-refractivity contribution in [3.8, 4) is 5.75 Å². The van der Waals surface area contributed by atoms with Crippen LogP contribution in [0.15, 0.2) is 18.2 Å². The molecule has 106 valence electrons. The Labute approximate surface area is 116 Å². The van der Waals surface area contributed by atoms with Gasteiger partial charge in [-0.3, -0.25) is 0 Å². The topological polar surface area (TPSA) is 38.5 Å². The number of ether oxygens (including phenoxy) is 1. The third-order valence-electron chi connectivity index (χ3n) is 3.79. The minimum absolute atomic E-state index is 0.154. The molecule has 0 amide bonds. The van der Waals surface area contributed by atoms with Crippen LogP contribution in [0.4, 0.5) is 11.4 Å². The second-order valence-electron chi connectivity index (χ2n) is 5.64. The number of rotatable bonds is 4. The molecule has 0 spiro atoms. The number of benzene rings is 1. The van der Waals surface area contributed by atoms with Gasteiger partial charge in [-0.2, -0.15) is 0 Å². The molecule has 3 nitrogen and oxygen atoms in total. The van der Waals surface area contributed by atoms with Gasteiger partial charge in [0.2, 0.25) is 0 Å². The summed E-state index contributed by atoms with van der Waals surface area (Å²) in [5.74, 6) is 0.813. The zero-order valence-electron chi connectivity index (χ0n) is 12.4. The molecule has 0 radical (unpaired) electrons. The maximum atomic E-state index is 5.99. The molecule has 19 heavy (non-hydrogen) atoms. The minimum atomic E-state index is 0.154. The molecule has 1 aliphatic heterocycles. The molecule has 2 N–H and O–H groups in total. The monoisotopic (exact) mass is 262 g/mol. The van der Waals surface area contributed by atoms with E-state index in [1.54, 1.807) is 0 Å². The van der Waals surface area contributed by atoms with Crippen LogP contribution in [0.5, 0.6) is 5.75 Å². The highest BCUT2D eigenvalue weighted by Crippen LogP contribution is 2.32. The van der Waals surface area contributed by atoms with Gasteiger partial charge in [-0.25, -0.2) is 0 Å². The Hall–Kier alpha value is -1.38. The smallest absolute Gasteiger partial charge is 0.144 e. The van der Waals surface area contributed by atoms with Crippen LogP contribution < -0.4 is 15.4 Å². The average molecular weight is 262 g/mol. The van der Waals surface area contributed by atoms with Gasteiger partial charge in [0, 0.05) is 24.3 Å². The minimum Gasteiger partial charge on any atom is -0.489 e. The summed E-state index contributed by atoms with van der Waals surface area (Å²) in [4.78, 5) is 2.51. The normalized spacial score (nSPS) is 19.8. The predicted octanol–water partition coefficient (Wildman–Crippen LogP) is 3.82. The van der Waals surface area contributed by atoms with Crippen LogP contribution in [0, 0.1) is 0 Å². The van der Waals surface area contributed by atoms with Gasteiger partial charge in [0.1, 0.15) is 5.75 Å². The molecular formula is C16H26N2O. The lowest BCUT2D eigenvalue weighted by molar-refractivity contribution is 0.244. The molecule has 1 aromatic rings. The summed E-state index contributed by atoms with van der Waals surface area (Å²) in [5, 5.41) is 0. The summed E-state index contributed by atoms with van der Waals surface area (Å²) in [7, 11) is 0. The van der Waals surface area contributed by atoms with E-state index in [-0.39, 0.29) is 6.10 Å². The molecule has 1 fully saturated rings. The Bertz CT molecular complexity index is 417. The molecule has 1 heterocycles. The summed E-state index contributed by atoms with van der Waals surface area (Å²) in [6.45, 7) is 7.47. The summed E-state index contributed by atoms with van der Waals surface area (Å²) < 4.78 is 5.79. The van der Waals surface area contributed by atoms with Gasteiger partial charge < -0.3 is 15.4 Å². The van der Waals surface area contributed by atoms with Crippen LogP contribution in [0.2, 0.25) is 0 Å². The van der Waals surface area contributed by atoms with Gasteiger partial charge in [-0.15, -0.1) is 0 Å². The van der Waals surface area contributed by atoms with E-state index in [2.05, 4.69) is 24.0 Å². The van der Waals surface area contributed by atoms with E-state index in [4.69, 9.17) is 10.5 Å². The third kappa shape index (κ3) is 3.34. The van der Waals surface area contributed by atoms with E-state index < -0.39 is 0 Å². The Balaban J connectivity index is 2.23. The summed E-state index contributed by atoms with van der Waals surface area (Å²) in [6, 6.07) is 6.85. The molecule has 0 saturated carbocycles. The molecule has 1 aliphatic rings. The lowest BCUT2D eigenvalue weighted by Crippen LogP contribution is -2.39. The fraction of sp³-hybridized carbons (Fsp3) is 0.625. The van der Waals surface area contributed by atoms with Crippen LogP contribution in [0.25, 0.3) is 0 Å². The SMILES string of the molecule is CCC1CCCCN1c1ccc(N)c(OC(C)C)c1. The largest absolute Gasteiger partial charge is 0.489 e. The van der Waals surface area contributed by atoms with Crippen LogP contribution in [0.1, 0.15) is 46.5 Å². The van der Waals surface area contributed by atoms with Crippen molar-refractivity contribution in [2.75, 3.05) is 17.2 Å². The molecule has 1 atom stereocenters. The van der Waals surface area contributed by atoms with Crippen molar-refractivity contribution in [1.29, 1.82) is 0 Å². The highest BCUT2D eigenvalue weighted by atomic mass is 16.5. The number of anilines is 2. The molecule has 2 rings (SSSR count). The zero-order valence-corrected chi connectivity index (χ0v) is 12.4. The number of piperidine rings is 1. The van der Waals surface area contributed by atoms with Crippen molar-refractivity contribution in [2.24, 2.45) is 0 Å². The van der Waals surface area contributed by atoms with Crippen molar-refractivity contribution in [2.45, 2.75) is 58.6 Å². The van der Waals surface area contributed by atoms with E-state index in [0.717, 1.165) is 18.0 Å². The van der Waals surface area contributed by atoms with Gasteiger partial charge in [0.05, 0.1) is 11.8 Å². The zero-order chi connectivity index (χ0) is 13.8. The fourth-order valence-corrected chi connectivity index (χ4v) is 2.82. The Morgan fingerprint density at radius 3 is 2.84 bits per heavy atom. The van der Waals surface area contributed by atoms with Crippen molar-refractivity contribution in [3.63, 3.8) is 0 Å². The number of hydrogen-bond acceptors (Lipinski definition) is 3. The molecule has 0 bridgehead atoms. The summed E-state index contributed by atoms with van der Waals surface area (Å²) >= 11 is 0. The third-order valence-corrected chi connectivity index (χ3v) is 3.79. The maximum Gasteiger partial charge on any atom is 0.144 e. The van der Waals surface area contributed by atoms with Crippen LogP contribution in [-0.4, -0.2) is 18.7 Å². The van der Waals surface area contributed by atoms with E-state index >= 15 is 0 Å². The van der Waals surface area contributed by atoms with Crippen molar-refractivity contribution < 1.29 is 4.74 Å². The number of nitrogen functional groups attached to an aromatic ring is 1. The Kier molecular flexibility index (Phi) is 4.56. The first-order chi connectivity index (χ1) is 9.11. The van der Waals surface area contributed by atoms with Gasteiger partial charge >= 0.3 is 0 Å². The summed E-state index contributed by atoms with van der Waals surface area (Å²) in [6.07, 6.45) is 5.27.